The number of hydrogen-bond acceptors (Lipinski definition) is 0. The van der Waals surface area contributed by atoms with Gasteiger partial charge in [0.05, 0.1) is 0 Å². The van der Waals surface area contributed by atoms with Gasteiger partial charge in [-0.15, -0.1) is 11.6 Å². The fourth-order valence-electron chi connectivity index (χ4n) is 1.56. The minimum Gasteiger partial charge on any atom is -0.122 e. The van der Waals surface area contributed by atoms with Gasteiger partial charge in [0.25, 0.3) is 0 Å². The van der Waals surface area contributed by atoms with E-state index in [-0.39, 0.29) is 10.8 Å². The van der Waals surface area contributed by atoms with Crippen molar-refractivity contribution in [1.29, 1.82) is 0 Å². The molecule has 1 aromatic rings. The SMILES string of the molecule is CC(C)(C)C(Cl)CCCc1ccccc1. The first-order valence-corrected chi connectivity index (χ1v) is 6.12. The Morgan fingerprint density at radius 3 is 2.27 bits per heavy atom. The molecule has 0 aliphatic carbocycles. The average molecular weight is 225 g/mol. The van der Waals surface area contributed by atoms with Crippen LogP contribution in [0.3, 0.4) is 0 Å². The molecule has 1 rings (SSSR count). The van der Waals surface area contributed by atoms with E-state index in [0.717, 1.165) is 12.8 Å². The molecule has 1 atom stereocenters. The summed E-state index contributed by atoms with van der Waals surface area (Å²) in [5.41, 5.74) is 1.63. The molecule has 0 bridgehead atoms. The molecule has 0 saturated heterocycles. The molecule has 0 aliphatic rings. The van der Waals surface area contributed by atoms with Gasteiger partial charge in [0.2, 0.25) is 0 Å². The van der Waals surface area contributed by atoms with Crippen molar-refractivity contribution in [2.24, 2.45) is 5.41 Å². The fraction of sp³-hybridized carbons (Fsp3) is 0.571. The maximum absolute atomic E-state index is 6.32. The van der Waals surface area contributed by atoms with Crippen molar-refractivity contribution in [2.45, 2.75) is 45.4 Å². The van der Waals surface area contributed by atoms with Crippen molar-refractivity contribution >= 4 is 11.6 Å². The molecule has 15 heavy (non-hydrogen) atoms. The lowest BCUT2D eigenvalue weighted by Gasteiger charge is -2.24. The highest BCUT2D eigenvalue weighted by Crippen LogP contribution is 2.28. The zero-order valence-electron chi connectivity index (χ0n) is 9.96. The maximum atomic E-state index is 6.32. The molecule has 0 N–H and O–H groups in total. The third-order valence-electron chi connectivity index (χ3n) is 2.71. The van der Waals surface area contributed by atoms with Crippen LogP contribution in [-0.4, -0.2) is 5.38 Å². The van der Waals surface area contributed by atoms with Crippen LogP contribution in [0.4, 0.5) is 0 Å². The van der Waals surface area contributed by atoms with Crippen LogP contribution in [-0.2, 0) is 6.42 Å². The fourth-order valence-corrected chi connectivity index (χ4v) is 1.72. The lowest BCUT2D eigenvalue weighted by Crippen LogP contribution is -2.20. The van der Waals surface area contributed by atoms with Crippen molar-refractivity contribution in [1.82, 2.24) is 0 Å². The summed E-state index contributed by atoms with van der Waals surface area (Å²) in [5.74, 6) is 0. The van der Waals surface area contributed by atoms with Gasteiger partial charge in [-0.1, -0.05) is 51.1 Å². The normalized spacial score (nSPS) is 13.9. The number of hydrogen-bond donors (Lipinski definition) is 0. The Hall–Kier alpha value is -0.490. The highest BCUT2D eigenvalue weighted by molar-refractivity contribution is 6.21. The number of rotatable bonds is 4. The van der Waals surface area contributed by atoms with E-state index in [4.69, 9.17) is 11.6 Å². The van der Waals surface area contributed by atoms with Crippen LogP contribution in [0.2, 0.25) is 0 Å². The molecule has 1 unspecified atom stereocenters. The van der Waals surface area contributed by atoms with E-state index in [1.807, 2.05) is 0 Å². The standard InChI is InChI=1S/C14H21Cl/c1-14(2,3)13(15)11-7-10-12-8-5-4-6-9-12/h4-6,8-9,13H,7,10-11H2,1-3H3. The number of benzene rings is 1. The Morgan fingerprint density at radius 1 is 1.13 bits per heavy atom. The number of halogens is 1. The molecule has 1 heteroatoms. The van der Waals surface area contributed by atoms with Gasteiger partial charge in [-0.3, -0.25) is 0 Å². The Bertz CT molecular complexity index is 271. The van der Waals surface area contributed by atoms with Crippen LogP contribution in [0.25, 0.3) is 0 Å². The van der Waals surface area contributed by atoms with Gasteiger partial charge in [0.15, 0.2) is 0 Å². The van der Waals surface area contributed by atoms with Crippen LogP contribution in [0, 0.1) is 5.41 Å². The smallest absolute Gasteiger partial charge is 0.0384 e. The van der Waals surface area contributed by atoms with Gasteiger partial charge >= 0.3 is 0 Å². The second kappa shape index (κ2) is 5.55. The summed E-state index contributed by atoms with van der Waals surface area (Å²) < 4.78 is 0. The van der Waals surface area contributed by atoms with Crippen LogP contribution in [0.1, 0.15) is 39.2 Å². The summed E-state index contributed by atoms with van der Waals surface area (Å²) in [5, 5.41) is 0.279. The van der Waals surface area contributed by atoms with Crippen molar-refractivity contribution in [3.05, 3.63) is 35.9 Å². The van der Waals surface area contributed by atoms with E-state index in [1.165, 1.54) is 12.0 Å². The minimum atomic E-state index is 0.220. The van der Waals surface area contributed by atoms with Crippen LogP contribution in [0.15, 0.2) is 30.3 Å². The Labute approximate surface area is 98.7 Å². The predicted octanol–water partition coefficient (Wildman–Crippen LogP) is 4.66. The molecule has 0 saturated carbocycles. The Balaban J connectivity index is 2.28. The van der Waals surface area contributed by atoms with E-state index >= 15 is 0 Å². The van der Waals surface area contributed by atoms with Crippen molar-refractivity contribution in [3.63, 3.8) is 0 Å². The first-order chi connectivity index (χ1) is 7.00. The summed E-state index contributed by atoms with van der Waals surface area (Å²) in [6, 6.07) is 10.6. The van der Waals surface area contributed by atoms with Crippen LogP contribution < -0.4 is 0 Å². The van der Waals surface area contributed by atoms with Gasteiger partial charge in [0.1, 0.15) is 0 Å². The second-order valence-electron chi connectivity index (χ2n) is 5.21. The van der Waals surface area contributed by atoms with Crippen molar-refractivity contribution in [3.8, 4) is 0 Å². The first-order valence-electron chi connectivity index (χ1n) is 5.68. The molecule has 0 amide bonds. The first kappa shape index (κ1) is 12.6. The minimum absolute atomic E-state index is 0.220. The lowest BCUT2D eigenvalue weighted by atomic mass is 9.88. The highest BCUT2D eigenvalue weighted by atomic mass is 35.5. The topological polar surface area (TPSA) is 0 Å². The quantitative estimate of drug-likeness (QED) is 0.653. The summed E-state index contributed by atoms with van der Waals surface area (Å²) >= 11 is 6.32. The summed E-state index contributed by atoms with van der Waals surface area (Å²) in [7, 11) is 0. The van der Waals surface area contributed by atoms with E-state index in [2.05, 4.69) is 51.1 Å². The molecule has 0 aliphatic heterocycles. The Kier molecular flexibility index (Phi) is 4.66. The maximum Gasteiger partial charge on any atom is 0.0384 e. The molecule has 1 aromatic carbocycles. The van der Waals surface area contributed by atoms with E-state index in [9.17, 15) is 0 Å². The average Bonchev–Trinajstić information content (AvgIpc) is 2.18. The molecule has 0 radical (unpaired) electrons. The number of aryl methyl sites for hydroxylation is 1. The molecule has 0 heterocycles. The third kappa shape index (κ3) is 4.70. The second-order valence-corrected chi connectivity index (χ2v) is 5.74. The van der Waals surface area contributed by atoms with Gasteiger partial charge in [-0.2, -0.15) is 0 Å². The third-order valence-corrected chi connectivity index (χ3v) is 3.58. The van der Waals surface area contributed by atoms with Crippen LogP contribution in [0.5, 0.6) is 0 Å². The van der Waals surface area contributed by atoms with E-state index in [1.54, 1.807) is 0 Å². The zero-order valence-corrected chi connectivity index (χ0v) is 10.7. The zero-order chi connectivity index (χ0) is 11.3. The highest BCUT2D eigenvalue weighted by Gasteiger charge is 2.21. The molecule has 0 fully saturated rings. The van der Waals surface area contributed by atoms with Gasteiger partial charge < -0.3 is 0 Å². The Morgan fingerprint density at radius 2 is 1.73 bits per heavy atom. The van der Waals surface area contributed by atoms with Gasteiger partial charge in [-0.05, 0) is 30.2 Å². The van der Waals surface area contributed by atoms with Crippen LogP contribution >= 0.6 is 11.6 Å². The molecular formula is C14H21Cl. The van der Waals surface area contributed by atoms with Crippen molar-refractivity contribution in [2.75, 3.05) is 0 Å². The molecule has 0 nitrogen and oxygen atoms in total. The predicted molar refractivity (Wildman–Crippen MR) is 68.5 cm³/mol. The largest absolute Gasteiger partial charge is 0.122 e. The molecule has 0 spiro atoms. The van der Waals surface area contributed by atoms with Gasteiger partial charge in [-0.25, -0.2) is 0 Å². The van der Waals surface area contributed by atoms with E-state index in [0.29, 0.717) is 0 Å². The molecular weight excluding hydrogens is 204 g/mol. The number of alkyl halides is 1. The van der Waals surface area contributed by atoms with E-state index < -0.39 is 0 Å². The monoisotopic (exact) mass is 224 g/mol. The molecule has 0 aromatic heterocycles. The summed E-state index contributed by atoms with van der Waals surface area (Å²) in [6.07, 6.45) is 3.41. The van der Waals surface area contributed by atoms with Gasteiger partial charge in [0, 0.05) is 5.38 Å². The molecule has 84 valence electrons. The lowest BCUT2D eigenvalue weighted by molar-refractivity contribution is 0.369. The summed E-state index contributed by atoms with van der Waals surface area (Å²) in [6.45, 7) is 6.60. The van der Waals surface area contributed by atoms with Crippen molar-refractivity contribution < 1.29 is 0 Å². The summed E-state index contributed by atoms with van der Waals surface area (Å²) in [4.78, 5) is 0.